The number of ketones is 1. The molecular weight excluding hydrogens is 472 g/mol. The molecule has 1 aliphatic rings. The number of ether oxygens (including phenoxy) is 2. The fourth-order valence-corrected chi connectivity index (χ4v) is 4.65. The van der Waals surface area contributed by atoms with Crippen molar-refractivity contribution in [2.75, 3.05) is 27.3 Å². The van der Waals surface area contributed by atoms with E-state index < -0.39 is 11.7 Å². The number of amides is 1. The van der Waals surface area contributed by atoms with E-state index in [1.54, 1.807) is 43.7 Å². The van der Waals surface area contributed by atoms with Gasteiger partial charge in [0.25, 0.3) is 11.7 Å². The van der Waals surface area contributed by atoms with Gasteiger partial charge < -0.3 is 18.9 Å². The van der Waals surface area contributed by atoms with Crippen LogP contribution in [0.3, 0.4) is 0 Å². The Kier molecular flexibility index (Phi) is 7.90. The SMILES string of the molecule is CCOC(=O)C1=C(C)n2c(ccc2C(=O)C(=O)N(C)C)C1.CCOC(=O)c1sc2nccn2c1C. The average molecular weight is 501 g/mol. The Bertz CT molecular complexity index is 1330. The minimum atomic E-state index is -0.590. The summed E-state index contributed by atoms with van der Waals surface area (Å²) in [5.41, 5.74) is 3.15. The smallest absolute Gasteiger partial charge is 0.350 e. The van der Waals surface area contributed by atoms with Crippen molar-refractivity contribution in [1.29, 1.82) is 0 Å². The van der Waals surface area contributed by atoms with Crippen LogP contribution in [0.25, 0.3) is 10.7 Å². The molecule has 0 atom stereocenters. The standard InChI is InChI=1S/C15H18N2O4.C9H10N2O2S/c1-5-21-15(20)11-8-10-6-7-12(17(10)9(11)2)13(18)14(19)16(3)4;1-3-13-8(12)7-6(2)11-5-4-10-9(11)14-7/h6-7H,5,8H2,1-4H3;4-5H,3H2,1-2H3. The molecule has 1 aliphatic heterocycles. The quantitative estimate of drug-likeness (QED) is 0.291. The zero-order valence-corrected chi connectivity index (χ0v) is 21.4. The predicted octanol–water partition coefficient (Wildman–Crippen LogP) is 2.99. The number of allylic oxidation sites excluding steroid dienone is 1. The lowest BCUT2D eigenvalue weighted by Crippen LogP contribution is -2.31. The summed E-state index contributed by atoms with van der Waals surface area (Å²) >= 11 is 1.36. The molecule has 0 unspecified atom stereocenters. The molecule has 0 aromatic carbocycles. The first-order valence-electron chi connectivity index (χ1n) is 11.1. The molecule has 4 heterocycles. The van der Waals surface area contributed by atoms with Crippen LogP contribution in [0.2, 0.25) is 0 Å². The average Bonchev–Trinajstić information content (AvgIpc) is 3.57. The molecule has 186 valence electrons. The number of carbonyl (C=O) groups excluding carboxylic acids is 4. The van der Waals surface area contributed by atoms with E-state index in [9.17, 15) is 19.2 Å². The highest BCUT2D eigenvalue weighted by atomic mass is 32.1. The molecule has 0 aliphatic carbocycles. The molecule has 1 amide bonds. The van der Waals surface area contributed by atoms with Gasteiger partial charge in [-0.25, -0.2) is 14.6 Å². The number of carbonyl (C=O) groups is 4. The van der Waals surface area contributed by atoms with Crippen molar-refractivity contribution < 1.29 is 28.7 Å². The number of hydrogen-bond donors (Lipinski definition) is 0. The van der Waals surface area contributed by atoms with Gasteiger partial charge in [-0.05, 0) is 39.8 Å². The summed E-state index contributed by atoms with van der Waals surface area (Å²) in [6, 6.07) is 3.37. The lowest BCUT2D eigenvalue weighted by atomic mass is 10.1. The largest absolute Gasteiger partial charge is 0.463 e. The number of aryl methyl sites for hydroxylation is 1. The second-order valence-electron chi connectivity index (χ2n) is 7.85. The van der Waals surface area contributed by atoms with Crippen molar-refractivity contribution in [1.82, 2.24) is 18.9 Å². The Labute approximate surface area is 206 Å². The van der Waals surface area contributed by atoms with Crippen LogP contribution in [-0.4, -0.2) is 69.8 Å². The number of thiazole rings is 1. The van der Waals surface area contributed by atoms with Gasteiger partial charge in [-0.1, -0.05) is 11.3 Å². The summed E-state index contributed by atoms with van der Waals surface area (Å²) in [5, 5.41) is 0. The molecular formula is C24H28N4O6S. The number of imidazole rings is 1. The predicted molar refractivity (Wildman–Crippen MR) is 130 cm³/mol. The third kappa shape index (κ3) is 5.04. The highest BCUT2D eigenvalue weighted by Gasteiger charge is 2.30. The number of aromatic nitrogens is 3. The van der Waals surface area contributed by atoms with Gasteiger partial charge in [0.05, 0.1) is 24.5 Å². The van der Waals surface area contributed by atoms with Gasteiger partial charge >= 0.3 is 11.9 Å². The number of hydrogen-bond acceptors (Lipinski definition) is 8. The van der Waals surface area contributed by atoms with Crippen LogP contribution in [0.5, 0.6) is 0 Å². The number of fused-ring (bicyclic) bond motifs is 2. The van der Waals surface area contributed by atoms with Gasteiger partial charge in [-0.15, -0.1) is 0 Å². The third-order valence-electron chi connectivity index (χ3n) is 5.40. The molecule has 0 spiro atoms. The summed E-state index contributed by atoms with van der Waals surface area (Å²) in [7, 11) is 3.06. The van der Waals surface area contributed by atoms with Gasteiger partial charge in [0.15, 0.2) is 4.96 Å². The van der Waals surface area contributed by atoms with Crippen LogP contribution < -0.4 is 0 Å². The third-order valence-corrected chi connectivity index (χ3v) is 6.55. The highest BCUT2D eigenvalue weighted by molar-refractivity contribution is 7.19. The van der Waals surface area contributed by atoms with Gasteiger partial charge in [0.1, 0.15) is 4.88 Å². The lowest BCUT2D eigenvalue weighted by molar-refractivity contribution is -0.138. The summed E-state index contributed by atoms with van der Waals surface area (Å²) in [4.78, 5) is 54.2. The maximum absolute atomic E-state index is 12.2. The molecule has 35 heavy (non-hydrogen) atoms. The Morgan fingerprint density at radius 3 is 2.31 bits per heavy atom. The van der Waals surface area contributed by atoms with Crippen LogP contribution in [0.1, 0.15) is 52.3 Å². The van der Waals surface area contributed by atoms with E-state index in [0.29, 0.717) is 35.8 Å². The molecule has 11 heteroatoms. The van der Waals surface area contributed by atoms with Crippen molar-refractivity contribution >= 4 is 45.6 Å². The van der Waals surface area contributed by atoms with Crippen molar-refractivity contribution in [3.63, 3.8) is 0 Å². The molecule has 4 rings (SSSR count). The van der Waals surface area contributed by atoms with Crippen LogP contribution in [0.15, 0.2) is 30.1 Å². The summed E-state index contributed by atoms with van der Waals surface area (Å²) < 4.78 is 13.5. The van der Waals surface area contributed by atoms with Crippen LogP contribution in [-0.2, 0) is 25.5 Å². The van der Waals surface area contributed by atoms with Gasteiger partial charge in [-0.3, -0.25) is 14.0 Å². The van der Waals surface area contributed by atoms with E-state index in [1.807, 2.05) is 17.5 Å². The Balaban J connectivity index is 0.000000211. The van der Waals surface area contributed by atoms with Crippen LogP contribution in [0.4, 0.5) is 0 Å². The van der Waals surface area contributed by atoms with E-state index in [2.05, 4.69) is 4.98 Å². The topological polar surface area (TPSA) is 112 Å². The van der Waals surface area contributed by atoms with E-state index >= 15 is 0 Å². The van der Waals surface area contributed by atoms with E-state index in [-0.39, 0.29) is 17.6 Å². The van der Waals surface area contributed by atoms with Crippen molar-refractivity contribution in [3.05, 3.63) is 52.1 Å². The number of Topliss-reactive ketones (excluding diaryl/α,β-unsaturated/α-hetero) is 1. The maximum atomic E-state index is 12.2. The van der Waals surface area contributed by atoms with E-state index in [1.165, 1.54) is 30.3 Å². The molecule has 3 aromatic rings. The molecule has 10 nitrogen and oxygen atoms in total. The van der Waals surface area contributed by atoms with E-state index in [4.69, 9.17) is 9.47 Å². The number of rotatable bonds is 6. The minimum absolute atomic E-state index is 0.263. The van der Waals surface area contributed by atoms with Crippen molar-refractivity contribution in [2.45, 2.75) is 34.1 Å². The normalized spacial score (nSPS) is 12.2. The summed E-state index contributed by atoms with van der Waals surface area (Å²) in [5.74, 6) is -1.82. The second-order valence-corrected chi connectivity index (χ2v) is 8.83. The summed E-state index contributed by atoms with van der Waals surface area (Å²) in [6.07, 6.45) is 3.96. The fraction of sp³-hybridized carbons (Fsp3) is 0.375. The summed E-state index contributed by atoms with van der Waals surface area (Å²) in [6.45, 7) is 7.88. The van der Waals surface area contributed by atoms with Crippen molar-refractivity contribution in [2.24, 2.45) is 0 Å². The molecule has 0 saturated carbocycles. The van der Waals surface area contributed by atoms with Gasteiger partial charge in [0, 0.05) is 50.0 Å². The first-order valence-corrected chi connectivity index (χ1v) is 11.9. The molecule has 0 fully saturated rings. The lowest BCUT2D eigenvalue weighted by Gasteiger charge is -2.11. The van der Waals surface area contributed by atoms with E-state index in [0.717, 1.165) is 16.3 Å². The number of nitrogens with zero attached hydrogens (tertiary/aromatic N) is 4. The monoisotopic (exact) mass is 500 g/mol. The highest BCUT2D eigenvalue weighted by Crippen LogP contribution is 2.30. The van der Waals surface area contributed by atoms with Crippen LogP contribution in [0, 0.1) is 6.92 Å². The molecule has 0 bridgehead atoms. The number of esters is 2. The second kappa shape index (κ2) is 10.7. The minimum Gasteiger partial charge on any atom is -0.463 e. The van der Waals surface area contributed by atoms with Gasteiger partial charge in [0.2, 0.25) is 0 Å². The molecule has 0 saturated heterocycles. The fourth-order valence-electron chi connectivity index (χ4n) is 3.67. The Morgan fingerprint density at radius 1 is 1.06 bits per heavy atom. The van der Waals surface area contributed by atoms with Crippen molar-refractivity contribution in [3.8, 4) is 0 Å². The number of likely N-dealkylation sites (N-methyl/N-ethyl adjacent to an activating group) is 1. The van der Waals surface area contributed by atoms with Gasteiger partial charge in [-0.2, -0.15) is 0 Å². The molecule has 3 aromatic heterocycles. The first kappa shape index (κ1) is 25.9. The zero-order valence-electron chi connectivity index (χ0n) is 20.6. The first-order chi connectivity index (χ1) is 16.6. The molecule has 0 N–H and O–H groups in total. The zero-order chi connectivity index (χ0) is 25.9. The van der Waals surface area contributed by atoms with Crippen LogP contribution >= 0.6 is 11.3 Å². The Hall–Kier alpha value is -3.73. The Morgan fingerprint density at radius 2 is 1.71 bits per heavy atom. The molecule has 0 radical (unpaired) electrons. The maximum Gasteiger partial charge on any atom is 0.350 e.